The lowest BCUT2D eigenvalue weighted by atomic mass is 9.90. The second kappa shape index (κ2) is 7.48. The molecule has 2 atom stereocenters. The average molecular weight is 259 g/mol. The predicted molar refractivity (Wildman–Crippen MR) is 68.9 cm³/mol. The Morgan fingerprint density at radius 1 is 1.17 bits per heavy atom. The van der Waals surface area contributed by atoms with E-state index in [9.17, 15) is 9.59 Å². The van der Waals surface area contributed by atoms with Gasteiger partial charge in [-0.05, 0) is 19.3 Å². The number of ether oxygens (including phenoxy) is 2. The van der Waals surface area contributed by atoms with Gasteiger partial charge in [0.2, 0.25) is 0 Å². The second-order valence-corrected chi connectivity index (χ2v) is 5.44. The zero-order valence-electron chi connectivity index (χ0n) is 12.0. The lowest BCUT2D eigenvalue weighted by Gasteiger charge is -2.29. The molecule has 0 radical (unpaired) electrons. The van der Waals surface area contributed by atoms with Gasteiger partial charge in [-0.3, -0.25) is 9.59 Å². The number of rotatable bonds is 7. The Morgan fingerprint density at radius 2 is 1.72 bits per heavy atom. The molecule has 0 aromatic heterocycles. The van der Waals surface area contributed by atoms with Gasteiger partial charge >= 0.3 is 5.97 Å². The minimum Gasteiger partial charge on any atom is -0.436 e. The molecule has 2 unspecified atom stereocenters. The molecule has 0 amide bonds. The van der Waals surface area contributed by atoms with Crippen molar-refractivity contribution in [2.45, 2.75) is 59.9 Å². The fourth-order valence-electron chi connectivity index (χ4n) is 1.11. The molecule has 18 heavy (non-hydrogen) atoms. The van der Waals surface area contributed by atoms with Crippen LogP contribution in [0.25, 0.3) is 0 Å². The molecule has 0 saturated carbocycles. The van der Waals surface area contributed by atoms with Crippen LogP contribution in [0.3, 0.4) is 0 Å². The van der Waals surface area contributed by atoms with E-state index in [1.807, 2.05) is 27.7 Å². The summed E-state index contributed by atoms with van der Waals surface area (Å²) in [6.45, 7) is 9.71. The van der Waals surface area contributed by atoms with Crippen molar-refractivity contribution in [3.05, 3.63) is 0 Å². The Morgan fingerprint density at radius 3 is 2.17 bits per heavy atom. The summed E-state index contributed by atoms with van der Waals surface area (Å²) in [5.41, 5.74) is 5.13. The maximum Gasteiger partial charge on any atom is 0.308 e. The zero-order valence-corrected chi connectivity index (χ0v) is 12.0. The van der Waals surface area contributed by atoms with Crippen LogP contribution < -0.4 is 5.73 Å². The van der Waals surface area contributed by atoms with Crippen LogP contribution in [0.2, 0.25) is 0 Å². The van der Waals surface area contributed by atoms with E-state index < -0.39 is 12.3 Å². The van der Waals surface area contributed by atoms with E-state index in [2.05, 4.69) is 0 Å². The van der Waals surface area contributed by atoms with Crippen LogP contribution in [0.15, 0.2) is 0 Å². The number of nitrogens with two attached hydrogens (primary N) is 1. The highest BCUT2D eigenvalue weighted by molar-refractivity contribution is 5.84. The van der Waals surface area contributed by atoms with Gasteiger partial charge in [0.05, 0.1) is 19.1 Å². The molecule has 0 bridgehead atoms. The van der Waals surface area contributed by atoms with Gasteiger partial charge in [0, 0.05) is 6.42 Å². The van der Waals surface area contributed by atoms with Crippen LogP contribution >= 0.6 is 0 Å². The van der Waals surface area contributed by atoms with Crippen LogP contribution in [-0.4, -0.2) is 30.7 Å². The number of esters is 1. The lowest BCUT2D eigenvalue weighted by molar-refractivity contribution is -0.192. The van der Waals surface area contributed by atoms with E-state index in [1.54, 1.807) is 6.92 Å². The number of hydrogen-bond acceptors (Lipinski definition) is 5. The van der Waals surface area contributed by atoms with Crippen LogP contribution in [0.1, 0.15) is 47.5 Å². The molecular formula is C13H25NO4. The van der Waals surface area contributed by atoms with Crippen molar-refractivity contribution in [1.82, 2.24) is 0 Å². The van der Waals surface area contributed by atoms with Crippen molar-refractivity contribution < 1.29 is 19.1 Å². The van der Waals surface area contributed by atoms with Gasteiger partial charge in [-0.2, -0.15) is 0 Å². The molecule has 0 aliphatic heterocycles. The van der Waals surface area contributed by atoms with Gasteiger partial charge in [-0.15, -0.1) is 0 Å². The monoisotopic (exact) mass is 259 g/mol. The first-order valence-corrected chi connectivity index (χ1v) is 6.23. The van der Waals surface area contributed by atoms with Crippen LogP contribution in [-0.2, 0) is 19.1 Å². The van der Waals surface area contributed by atoms with Crippen molar-refractivity contribution in [3.63, 3.8) is 0 Å². The molecule has 0 aliphatic carbocycles. The normalized spacial score (nSPS) is 15.0. The fourth-order valence-corrected chi connectivity index (χ4v) is 1.11. The summed E-state index contributed by atoms with van der Waals surface area (Å²) in [6.07, 6.45) is -0.476. The molecule has 0 rings (SSSR count). The standard InChI is InChI=1S/C13H25NO4/c1-9(13(3,4)5)17-10(2)18-12(16)7-6-11(15)8-14/h9-10H,6-8,14H2,1-5H3. The van der Waals surface area contributed by atoms with Crippen molar-refractivity contribution in [2.24, 2.45) is 11.1 Å². The Labute approximate surface area is 109 Å². The molecule has 0 aromatic carbocycles. The van der Waals surface area contributed by atoms with Crippen molar-refractivity contribution in [3.8, 4) is 0 Å². The topological polar surface area (TPSA) is 78.6 Å². The van der Waals surface area contributed by atoms with E-state index in [-0.39, 0.29) is 36.7 Å². The molecule has 0 spiro atoms. The van der Waals surface area contributed by atoms with Gasteiger partial charge in [0.25, 0.3) is 0 Å². The van der Waals surface area contributed by atoms with Gasteiger partial charge in [-0.25, -0.2) is 0 Å². The Kier molecular flexibility index (Phi) is 7.09. The smallest absolute Gasteiger partial charge is 0.308 e. The maximum absolute atomic E-state index is 11.4. The largest absolute Gasteiger partial charge is 0.436 e. The number of ketones is 1. The van der Waals surface area contributed by atoms with Gasteiger partial charge in [0.15, 0.2) is 6.29 Å². The maximum atomic E-state index is 11.4. The summed E-state index contributed by atoms with van der Waals surface area (Å²) in [6, 6.07) is 0. The highest BCUT2D eigenvalue weighted by Crippen LogP contribution is 2.23. The highest BCUT2D eigenvalue weighted by atomic mass is 16.7. The second-order valence-electron chi connectivity index (χ2n) is 5.44. The molecule has 5 heteroatoms. The van der Waals surface area contributed by atoms with Crippen molar-refractivity contribution >= 4 is 11.8 Å². The first-order chi connectivity index (χ1) is 8.16. The summed E-state index contributed by atoms with van der Waals surface area (Å²) in [5.74, 6) is -0.589. The van der Waals surface area contributed by atoms with Gasteiger partial charge in [0.1, 0.15) is 5.78 Å². The van der Waals surface area contributed by atoms with Crippen molar-refractivity contribution in [2.75, 3.05) is 6.54 Å². The summed E-state index contributed by atoms with van der Waals surface area (Å²) in [5, 5.41) is 0. The van der Waals surface area contributed by atoms with E-state index >= 15 is 0 Å². The number of Topliss-reactive ketones (excluding diaryl/α,β-unsaturated/α-hetero) is 1. The molecule has 2 N–H and O–H groups in total. The van der Waals surface area contributed by atoms with E-state index in [1.165, 1.54) is 0 Å². The molecule has 0 fully saturated rings. The van der Waals surface area contributed by atoms with Crippen LogP contribution in [0.4, 0.5) is 0 Å². The first kappa shape index (κ1) is 17.1. The predicted octanol–water partition coefficient (Wildman–Crippen LogP) is 1.63. The zero-order chi connectivity index (χ0) is 14.3. The number of carbonyl (C=O) groups excluding carboxylic acids is 2. The molecule has 106 valence electrons. The summed E-state index contributed by atoms with van der Waals surface area (Å²) >= 11 is 0. The Bertz CT molecular complexity index is 283. The minimum absolute atomic E-state index is 0.0177. The van der Waals surface area contributed by atoms with Crippen LogP contribution in [0, 0.1) is 5.41 Å². The average Bonchev–Trinajstić information content (AvgIpc) is 2.24. The van der Waals surface area contributed by atoms with Crippen molar-refractivity contribution in [1.29, 1.82) is 0 Å². The summed E-state index contributed by atoms with van der Waals surface area (Å²) in [7, 11) is 0. The molecule has 0 aliphatic rings. The highest BCUT2D eigenvalue weighted by Gasteiger charge is 2.24. The molecule has 0 saturated heterocycles. The molecule has 0 aromatic rings. The number of hydrogen-bond donors (Lipinski definition) is 1. The molecular weight excluding hydrogens is 234 g/mol. The lowest BCUT2D eigenvalue weighted by Crippen LogP contribution is -2.31. The molecule has 5 nitrogen and oxygen atoms in total. The van der Waals surface area contributed by atoms with E-state index in [0.29, 0.717) is 0 Å². The Balaban J connectivity index is 3.98. The van der Waals surface area contributed by atoms with E-state index in [0.717, 1.165) is 0 Å². The number of carbonyl (C=O) groups is 2. The Hall–Kier alpha value is -0.940. The summed E-state index contributed by atoms with van der Waals surface area (Å²) < 4.78 is 10.6. The summed E-state index contributed by atoms with van der Waals surface area (Å²) in [4.78, 5) is 22.4. The first-order valence-electron chi connectivity index (χ1n) is 6.23. The third-order valence-corrected chi connectivity index (χ3v) is 2.75. The quantitative estimate of drug-likeness (QED) is 0.555. The SMILES string of the molecule is CC(OC(=O)CCC(=O)CN)OC(C)C(C)(C)C. The molecule has 0 heterocycles. The minimum atomic E-state index is -0.611. The van der Waals surface area contributed by atoms with Gasteiger partial charge in [-0.1, -0.05) is 20.8 Å². The van der Waals surface area contributed by atoms with E-state index in [4.69, 9.17) is 15.2 Å². The third kappa shape index (κ3) is 7.40. The fraction of sp³-hybridized carbons (Fsp3) is 0.846. The van der Waals surface area contributed by atoms with Crippen LogP contribution in [0.5, 0.6) is 0 Å². The van der Waals surface area contributed by atoms with Gasteiger partial charge < -0.3 is 15.2 Å². The third-order valence-electron chi connectivity index (χ3n) is 2.75.